The van der Waals surface area contributed by atoms with Crippen molar-refractivity contribution in [1.82, 2.24) is 14.9 Å². The Kier molecular flexibility index (Phi) is 6.07. The van der Waals surface area contributed by atoms with E-state index in [1.807, 2.05) is 0 Å². The van der Waals surface area contributed by atoms with Crippen molar-refractivity contribution in [1.29, 1.82) is 0 Å². The van der Waals surface area contributed by atoms with Crippen molar-refractivity contribution in [3.8, 4) is 0 Å². The lowest BCUT2D eigenvalue weighted by Crippen LogP contribution is -2.40. The zero-order chi connectivity index (χ0) is 24.8. The third-order valence-electron chi connectivity index (χ3n) is 5.27. The summed E-state index contributed by atoms with van der Waals surface area (Å²) >= 11 is 6.23. The van der Waals surface area contributed by atoms with E-state index < -0.39 is 46.8 Å². The lowest BCUT2D eigenvalue weighted by molar-refractivity contribution is -0.137. The predicted molar refractivity (Wildman–Crippen MR) is 112 cm³/mol. The minimum Gasteiger partial charge on any atom is -0.342 e. The van der Waals surface area contributed by atoms with Gasteiger partial charge in [0.05, 0.1) is 17.3 Å². The van der Waals surface area contributed by atoms with Gasteiger partial charge >= 0.3 is 6.18 Å². The molecule has 2 amide bonds. The van der Waals surface area contributed by atoms with Crippen molar-refractivity contribution >= 4 is 29.2 Å². The van der Waals surface area contributed by atoms with E-state index in [0.717, 1.165) is 12.1 Å². The van der Waals surface area contributed by atoms with Crippen LogP contribution in [-0.4, -0.2) is 21.4 Å². The molecule has 178 valence electrons. The van der Waals surface area contributed by atoms with Crippen LogP contribution in [0.2, 0.25) is 5.02 Å². The van der Waals surface area contributed by atoms with Crippen molar-refractivity contribution in [3.63, 3.8) is 0 Å². The zero-order valence-electron chi connectivity index (χ0n) is 17.4. The van der Waals surface area contributed by atoms with Gasteiger partial charge in [0.25, 0.3) is 5.91 Å². The van der Waals surface area contributed by atoms with Crippen LogP contribution in [0.3, 0.4) is 0 Å². The highest BCUT2D eigenvalue weighted by atomic mass is 35.5. The van der Waals surface area contributed by atoms with Crippen LogP contribution < -0.4 is 10.6 Å². The number of alkyl halides is 3. The van der Waals surface area contributed by atoms with E-state index in [-0.39, 0.29) is 34.7 Å². The molecular weight excluding hydrogens is 483 g/mol. The Morgan fingerprint density at radius 3 is 2.62 bits per heavy atom. The van der Waals surface area contributed by atoms with Crippen LogP contribution in [0, 0.1) is 11.6 Å². The summed E-state index contributed by atoms with van der Waals surface area (Å²) in [5.74, 6) is -3.00. The SMILES string of the molecule is CCc1nc(NC(=O)c2cc(F)cc(C(F)(F)F)c2)c2n1CC(=O)NC2c1cc(F)ccc1Cl. The monoisotopic (exact) mass is 498 g/mol. The van der Waals surface area contributed by atoms with Crippen LogP contribution in [0.25, 0.3) is 0 Å². The van der Waals surface area contributed by atoms with Gasteiger partial charge in [-0.1, -0.05) is 18.5 Å². The van der Waals surface area contributed by atoms with Crippen LogP contribution in [0.5, 0.6) is 0 Å². The van der Waals surface area contributed by atoms with Gasteiger partial charge in [-0.25, -0.2) is 13.8 Å². The third kappa shape index (κ3) is 4.47. The maximum Gasteiger partial charge on any atom is 0.416 e. The van der Waals surface area contributed by atoms with E-state index in [4.69, 9.17) is 11.6 Å². The maximum atomic E-state index is 14.0. The molecule has 0 fully saturated rings. The quantitative estimate of drug-likeness (QED) is 0.504. The average molecular weight is 499 g/mol. The van der Waals surface area contributed by atoms with Gasteiger partial charge in [-0.2, -0.15) is 13.2 Å². The van der Waals surface area contributed by atoms with E-state index in [2.05, 4.69) is 15.6 Å². The summed E-state index contributed by atoms with van der Waals surface area (Å²) in [6.07, 6.45) is -4.51. The van der Waals surface area contributed by atoms with Gasteiger partial charge in [0.1, 0.15) is 24.0 Å². The molecule has 1 aliphatic heterocycles. The molecule has 0 radical (unpaired) electrons. The molecule has 0 saturated heterocycles. The first-order valence-corrected chi connectivity index (χ1v) is 10.4. The van der Waals surface area contributed by atoms with Crippen LogP contribution in [0.1, 0.15) is 46.0 Å². The molecule has 12 heteroatoms. The Balaban J connectivity index is 1.79. The second-order valence-corrected chi connectivity index (χ2v) is 7.96. The topological polar surface area (TPSA) is 76.0 Å². The Morgan fingerprint density at radius 1 is 1.21 bits per heavy atom. The largest absolute Gasteiger partial charge is 0.416 e. The van der Waals surface area contributed by atoms with E-state index in [1.54, 1.807) is 6.92 Å². The standard InChI is InChI=1S/C22H16ClF5N4O2/c1-2-16-29-20(31-21(34)10-5-11(22(26,27)28)7-13(25)6-10)19-18(30-17(33)9-32(16)19)14-8-12(24)3-4-15(14)23/h3-8,18H,2,9H2,1H3,(H,30,33)(H,31,34). The number of nitrogens with one attached hydrogen (secondary N) is 2. The average Bonchev–Trinajstić information content (AvgIpc) is 3.11. The number of rotatable bonds is 4. The molecule has 2 aromatic carbocycles. The van der Waals surface area contributed by atoms with Crippen molar-refractivity contribution in [2.45, 2.75) is 32.1 Å². The molecule has 1 aliphatic rings. The number of carbonyl (C=O) groups excluding carboxylic acids is 2. The molecular formula is C22H16ClF5N4O2. The molecule has 34 heavy (non-hydrogen) atoms. The Labute approximate surface area is 194 Å². The molecule has 0 aliphatic carbocycles. The number of carbonyl (C=O) groups is 2. The molecule has 1 unspecified atom stereocenters. The Bertz CT molecular complexity index is 1310. The number of nitrogens with zero attached hydrogens (tertiary/aromatic N) is 2. The lowest BCUT2D eigenvalue weighted by atomic mass is 10.0. The summed E-state index contributed by atoms with van der Waals surface area (Å²) in [4.78, 5) is 29.5. The number of hydrogen-bond donors (Lipinski definition) is 2. The van der Waals surface area contributed by atoms with Crippen molar-refractivity contribution in [2.24, 2.45) is 0 Å². The predicted octanol–water partition coefficient (Wildman–Crippen LogP) is 4.87. The summed E-state index contributed by atoms with van der Waals surface area (Å²) < 4.78 is 68.5. The molecule has 6 nitrogen and oxygen atoms in total. The van der Waals surface area contributed by atoms with Gasteiger partial charge in [-0.05, 0) is 36.4 Å². The summed E-state index contributed by atoms with van der Waals surface area (Å²) in [6, 6.07) is 4.01. The molecule has 2 N–H and O–H groups in total. The highest BCUT2D eigenvalue weighted by Gasteiger charge is 2.35. The summed E-state index contributed by atoms with van der Waals surface area (Å²) in [7, 11) is 0. The molecule has 4 rings (SSSR count). The van der Waals surface area contributed by atoms with E-state index >= 15 is 0 Å². The number of aryl methyl sites for hydroxylation is 1. The third-order valence-corrected chi connectivity index (χ3v) is 5.62. The number of fused-ring (bicyclic) bond motifs is 1. The van der Waals surface area contributed by atoms with Gasteiger partial charge in [-0.15, -0.1) is 0 Å². The van der Waals surface area contributed by atoms with Gasteiger partial charge < -0.3 is 15.2 Å². The van der Waals surface area contributed by atoms with Gasteiger partial charge in [0, 0.05) is 22.6 Å². The number of aromatic nitrogens is 2. The summed E-state index contributed by atoms with van der Waals surface area (Å²) in [6.45, 7) is 1.60. The van der Waals surface area contributed by atoms with Crippen LogP contribution in [0.15, 0.2) is 36.4 Å². The second kappa shape index (κ2) is 8.71. The van der Waals surface area contributed by atoms with E-state index in [1.165, 1.54) is 10.6 Å². The summed E-state index contributed by atoms with van der Waals surface area (Å²) in [5.41, 5.74) is -1.45. The highest BCUT2D eigenvalue weighted by Crippen LogP contribution is 2.36. The molecule has 2 heterocycles. The Hall–Kier alpha value is -3.47. The molecule has 1 atom stereocenters. The van der Waals surface area contributed by atoms with Crippen molar-refractivity contribution < 1.29 is 31.5 Å². The zero-order valence-corrected chi connectivity index (χ0v) is 18.2. The molecule has 0 spiro atoms. The fourth-order valence-corrected chi connectivity index (χ4v) is 4.01. The highest BCUT2D eigenvalue weighted by molar-refractivity contribution is 6.31. The Morgan fingerprint density at radius 2 is 1.94 bits per heavy atom. The van der Waals surface area contributed by atoms with Crippen LogP contribution in [-0.2, 0) is 23.9 Å². The molecule has 1 aromatic heterocycles. The van der Waals surface area contributed by atoms with Gasteiger partial charge in [0.15, 0.2) is 5.82 Å². The normalized spacial score (nSPS) is 15.6. The lowest BCUT2D eigenvalue weighted by Gasteiger charge is -2.28. The number of anilines is 1. The summed E-state index contributed by atoms with van der Waals surface area (Å²) in [5, 5.41) is 5.21. The number of amides is 2. The number of benzene rings is 2. The number of imidazole rings is 1. The van der Waals surface area contributed by atoms with Gasteiger partial charge in [0.2, 0.25) is 5.91 Å². The molecule has 0 bridgehead atoms. The van der Waals surface area contributed by atoms with Crippen molar-refractivity contribution in [3.05, 3.63) is 81.3 Å². The van der Waals surface area contributed by atoms with E-state index in [0.29, 0.717) is 24.4 Å². The fourth-order valence-electron chi connectivity index (χ4n) is 3.79. The number of hydrogen-bond acceptors (Lipinski definition) is 3. The van der Waals surface area contributed by atoms with Gasteiger partial charge in [-0.3, -0.25) is 9.59 Å². The second-order valence-electron chi connectivity index (χ2n) is 7.55. The minimum absolute atomic E-state index is 0.0787. The van der Waals surface area contributed by atoms with Crippen LogP contribution >= 0.6 is 11.6 Å². The first-order chi connectivity index (χ1) is 16.0. The first-order valence-electron chi connectivity index (χ1n) is 10.0. The van der Waals surface area contributed by atoms with Crippen LogP contribution in [0.4, 0.5) is 27.8 Å². The minimum atomic E-state index is -4.86. The molecule has 3 aromatic rings. The van der Waals surface area contributed by atoms with E-state index in [9.17, 15) is 31.5 Å². The fraction of sp³-hybridized carbons (Fsp3) is 0.227. The molecule has 0 saturated carbocycles. The van der Waals surface area contributed by atoms with Crippen molar-refractivity contribution in [2.75, 3.05) is 5.32 Å². The first kappa shape index (κ1) is 23.7. The number of halogens is 6. The smallest absolute Gasteiger partial charge is 0.342 e. The maximum absolute atomic E-state index is 14.0.